The normalized spacial score (nSPS) is 12.3. The van der Waals surface area contributed by atoms with Crippen molar-refractivity contribution in [1.29, 1.82) is 0 Å². The highest BCUT2D eigenvalue weighted by atomic mass is 19.1. The number of hydrogen-bond acceptors (Lipinski definition) is 3. The molecule has 21 heavy (non-hydrogen) atoms. The molecular formula is C16H15FN4. The fourth-order valence-corrected chi connectivity index (χ4v) is 2.15. The monoisotopic (exact) mass is 282 g/mol. The van der Waals surface area contributed by atoms with Gasteiger partial charge in [0.25, 0.3) is 0 Å². The fraction of sp³-hybridized carbons (Fsp3) is 0.125. The van der Waals surface area contributed by atoms with E-state index < -0.39 is 0 Å². The Bertz CT molecular complexity index is 724. The highest BCUT2D eigenvalue weighted by Crippen LogP contribution is 2.15. The molecule has 4 nitrogen and oxygen atoms in total. The van der Waals surface area contributed by atoms with Gasteiger partial charge in [0.2, 0.25) is 0 Å². The molecule has 5 heteroatoms. The minimum atomic E-state index is -0.315. The molecule has 1 aromatic heterocycles. The van der Waals surface area contributed by atoms with E-state index in [1.165, 1.54) is 12.1 Å². The van der Waals surface area contributed by atoms with E-state index in [-0.39, 0.29) is 11.9 Å². The van der Waals surface area contributed by atoms with Gasteiger partial charge in [-0.15, -0.1) is 0 Å². The first-order valence-electron chi connectivity index (χ1n) is 6.70. The molecule has 0 aliphatic heterocycles. The van der Waals surface area contributed by atoms with Crippen LogP contribution in [0.2, 0.25) is 0 Å². The van der Waals surface area contributed by atoms with E-state index in [1.54, 1.807) is 17.1 Å². The molecule has 3 aromatic rings. The van der Waals surface area contributed by atoms with Crippen LogP contribution in [-0.2, 0) is 6.42 Å². The largest absolute Gasteiger partial charge is 0.322 e. The number of para-hydroxylation sites is 1. The molecule has 0 saturated heterocycles. The van der Waals surface area contributed by atoms with Crippen LogP contribution >= 0.6 is 0 Å². The molecule has 0 bridgehead atoms. The van der Waals surface area contributed by atoms with E-state index in [0.29, 0.717) is 12.1 Å². The van der Waals surface area contributed by atoms with Crippen molar-refractivity contribution in [2.45, 2.75) is 12.5 Å². The summed E-state index contributed by atoms with van der Waals surface area (Å²) < 4.78 is 13.2. The fourth-order valence-electron chi connectivity index (χ4n) is 2.15. The van der Waals surface area contributed by atoms with Crippen LogP contribution in [0.5, 0.6) is 0 Å². The summed E-state index contributed by atoms with van der Waals surface area (Å²) in [6.45, 7) is 0. The van der Waals surface area contributed by atoms with E-state index in [4.69, 9.17) is 5.73 Å². The predicted molar refractivity (Wildman–Crippen MR) is 78.4 cm³/mol. The summed E-state index contributed by atoms with van der Waals surface area (Å²) in [5.74, 6) is -0.257. The molecule has 2 aromatic carbocycles. The number of halogens is 1. The van der Waals surface area contributed by atoms with Gasteiger partial charge in [-0.1, -0.05) is 30.3 Å². The molecule has 1 atom stereocenters. The Morgan fingerprint density at radius 2 is 1.90 bits per heavy atom. The highest BCUT2D eigenvalue weighted by molar-refractivity contribution is 5.28. The summed E-state index contributed by atoms with van der Waals surface area (Å²) in [4.78, 5) is 1.54. The number of nitrogens with two attached hydrogens (primary N) is 1. The first-order chi connectivity index (χ1) is 10.2. The number of rotatable bonds is 4. The molecule has 1 heterocycles. The molecule has 0 fully saturated rings. The van der Waals surface area contributed by atoms with Crippen LogP contribution in [0.4, 0.5) is 4.39 Å². The van der Waals surface area contributed by atoms with Crippen LogP contribution in [-0.4, -0.2) is 15.0 Å². The molecule has 0 radical (unpaired) electrons. The first-order valence-corrected chi connectivity index (χ1v) is 6.70. The average Bonchev–Trinajstić information content (AvgIpc) is 2.98. The van der Waals surface area contributed by atoms with Crippen LogP contribution in [0.3, 0.4) is 0 Å². The second kappa shape index (κ2) is 5.85. The molecule has 0 aliphatic rings. The Kier molecular flexibility index (Phi) is 3.75. The molecule has 0 spiro atoms. The summed E-state index contributed by atoms with van der Waals surface area (Å²) in [6.07, 6.45) is 2.17. The van der Waals surface area contributed by atoms with Gasteiger partial charge >= 0.3 is 0 Å². The number of hydrogen-bond donors (Lipinski definition) is 1. The summed E-state index contributed by atoms with van der Waals surface area (Å²) >= 11 is 0. The lowest BCUT2D eigenvalue weighted by Crippen LogP contribution is -2.14. The van der Waals surface area contributed by atoms with Gasteiger partial charge in [0, 0.05) is 0 Å². The third-order valence-corrected chi connectivity index (χ3v) is 3.22. The average molecular weight is 282 g/mol. The molecule has 0 aliphatic carbocycles. The number of aromatic nitrogens is 3. The van der Waals surface area contributed by atoms with Gasteiger partial charge in [0.1, 0.15) is 11.5 Å². The van der Waals surface area contributed by atoms with Crippen LogP contribution < -0.4 is 5.73 Å². The van der Waals surface area contributed by atoms with Gasteiger partial charge in [-0.25, -0.2) is 4.39 Å². The second-order valence-corrected chi connectivity index (χ2v) is 4.83. The maximum Gasteiger partial charge on any atom is 0.123 e. The SMILES string of the molecule is NC(Cc1cccc(F)c1)c1cnn(-c2ccccc2)n1. The van der Waals surface area contributed by atoms with Crippen LogP contribution in [0.1, 0.15) is 17.3 Å². The maximum absolute atomic E-state index is 13.2. The van der Waals surface area contributed by atoms with Crippen molar-refractivity contribution >= 4 is 0 Å². The zero-order valence-electron chi connectivity index (χ0n) is 11.4. The smallest absolute Gasteiger partial charge is 0.123 e. The second-order valence-electron chi connectivity index (χ2n) is 4.83. The zero-order valence-corrected chi connectivity index (χ0v) is 11.4. The predicted octanol–water partition coefficient (Wildman–Crippen LogP) is 2.65. The molecular weight excluding hydrogens is 267 g/mol. The highest BCUT2D eigenvalue weighted by Gasteiger charge is 2.12. The van der Waals surface area contributed by atoms with Crippen molar-refractivity contribution in [3.63, 3.8) is 0 Å². The Hall–Kier alpha value is -2.53. The van der Waals surface area contributed by atoms with Crippen molar-refractivity contribution < 1.29 is 4.39 Å². The summed E-state index contributed by atoms with van der Waals surface area (Å²) in [7, 11) is 0. The Labute approximate surface area is 122 Å². The van der Waals surface area contributed by atoms with Crippen LogP contribution in [0, 0.1) is 5.82 Å². The molecule has 1 unspecified atom stereocenters. The van der Waals surface area contributed by atoms with Gasteiger partial charge < -0.3 is 5.73 Å². The van der Waals surface area contributed by atoms with E-state index in [0.717, 1.165) is 11.3 Å². The van der Waals surface area contributed by atoms with E-state index in [9.17, 15) is 4.39 Å². The topological polar surface area (TPSA) is 56.7 Å². The quantitative estimate of drug-likeness (QED) is 0.800. The minimum Gasteiger partial charge on any atom is -0.322 e. The number of nitrogens with zero attached hydrogens (tertiary/aromatic N) is 3. The first kappa shape index (κ1) is 13.5. The van der Waals surface area contributed by atoms with Gasteiger partial charge in [-0.05, 0) is 36.2 Å². The summed E-state index contributed by atoms with van der Waals surface area (Å²) in [5, 5.41) is 8.60. The summed E-state index contributed by atoms with van der Waals surface area (Å²) in [6, 6.07) is 15.7. The van der Waals surface area contributed by atoms with Crippen molar-refractivity contribution in [2.24, 2.45) is 5.73 Å². The molecule has 106 valence electrons. The Balaban J connectivity index is 1.77. The third-order valence-electron chi connectivity index (χ3n) is 3.22. The summed E-state index contributed by atoms with van der Waals surface area (Å²) in [5.41, 5.74) is 8.53. The zero-order chi connectivity index (χ0) is 14.7. The molecule has 0 amide bonds. The molecule has 3 rings (SSSR count). The van der Waals surface area contributed by atoms with E-state index in [1.807, 2.05) is 36.4 Å². The van der Waals surface area contributed by atoms with Crippen molar-refractivity contribution in [2.75, 3.05) is 0 Å². The van der Waals surface area contributed by atoms with Gasteiger partial charge in [0.05, 0.1) is 17.9 Å². The van der Waals surface area contributed by atoms with Gasteiger partial charge in [-0.3, -0.25) is 0 Å². The Morgan fingerprint density at radius 1 is 1.10 bits per heavy atom. The lowest BCUT2D eigenvalue weighted by molar-refractivity contribution is 0.619. The third kappa shape index (κ3) is 3.14. The van der Waals surface area contributed by atoms with Gasteiger partial charge in [0.15, 0.2) is 0 Å². The lowest BCUT2D eigenvalue weighted by Gasteiger charge is -2.08. The van der Waals surface area contributed by atoms with Crippen LogP contribution in [0.15, 0.2) is 60.8 Å². The van der Waals surface area contributed by atoms with Crippen molar-refractivity contribution in [3.05, 3.63) is 77.9 Å². The van der Waals surface area contributed by atoms with E-state index in [2.05, 4.69) is 10.2 Å². The molecule has 2 N–H and O–H groups in total. The van der Waals surface area contributed by atoms with Crippen molar-refractivity contribution in [3.8, 4) is 5.69 Å². The lowest BCUT2D eigenvalue weighted by atomic mass is 10.0. The minimum absolute atomic E-state index is 0.257. The molecule has 0 saturated carbocycles. The maximum atomic E-state index is 13.2. The van der Waals surface area contributed by atoms with Gasteiger partial charge in [-0.2, -0.15) is 15.0 Å². The number of benzene rings is 2. The van der Waals surface area contributed by atoms with Crippen LogP contribution in [0.25, 0.3) is 5.69 Å². The Morgan fingerprint density at radius 3 is 2.67 bits per heavy atom. The van der Waals surface area contributed by atoms with E-state index >= 15 is 0 Å². The standard InChI is InChI=1S/C16H15FN4/c17-13-6-4-5-12(9-13)10-15(18)16-11-19-21(20-16)14-7-2-1-3-8-14/h1-9,11,15H,10,18H2. The van der Waals surface area contributed by atoms with Crippen molar-refractivity contribution in [1.82, 2.24) is 15.0 Å².